The topological polar surface area (TPSA) is 65.7 Å². The lowest BCUT2D eigenvalue weighted by molar-refractivity contribution is 0.101. The Morgan fingerprint density at radius 3 is 2.64 bits per heavy atom. The number of H-pyrrole nitrogens is 2. The SMILES string of the molecule is CC(=O)c1cc(C)cc2[nH]c(=O)[nH]c12. The van der Waals surface area contributed by atoms with Gasteiger partial charge in [-0.3, -0.25) is 4.79 Å². The number of aryl methyl sites for hydroxylation is 1. The summed E-state index contributed by atoms with van der Waals surface area (Å²) in [6.07, 6.45) is 0. The van der Waals surface area contributed by atoms with Crippen molar-refractivity contribution in [1.82, 2.24) is 9.97 Å². The van der Waals surface area contributed by atoms with Gasteiger partial charge in [-0.05, 0) is 31.5 Å². The first-order valence-electron chi connectivity index (χ1n) is 4.31. The molecule has 2 aromatic rings. The zero-order valence-corrected chi connectivity index (χ0v) is 7.97. The first-order valence-corrected chi connectivity index (χ1v) is 4.31. The van der Waals surface area contributed by atoms with Gasteiger partial charge in [0.15, 0.2) is 5.78 Å². The van der Waals surface area contributed by atoms with Gasteiger partial charge in [0.05, 0.1) is 11.0 Å². The molecular formula is C10H10N2O2. The second kappa shape index (κ2) is 2.83. The summed E-state index contributed by atoms with van der Waals surface area (Å²) in [5.74, 6) is -0.0473. The highest BCUT2D eigenvalue weighted by atomic mass is 16.1. The monoisotopic (exact) mass is 190 g/mol. The molecule has 14 heavy (non-hydrogen) atoms. The Kier molecular flexibility index (Phi) is 1.77. The first kappa shape index (κ1) is 8.74. The number of Topliss-reactive ketones (excluding diaryl/α,β-unsaturated/α-hetero) is 1. The van der Waals surface area contributed by atoms with Crippen LogP contribution in [-0.2, 0) is 0 Å². The number of benzene rings is 1. The molecule has 0 unspecified atom stereocenters. The standard InChI is InChI=1S/C10H10N2O2/c1-5-3-7(6(2)13)9-8(4-5)11-10(14)12-9/h3-4H,1-2H3,(H2,11,12,14). The number of aromatic nitrogens is 2. The van der Waals surface area contributed by atoms with Crippen molar-refractivity contribution >= 4 is 16.8 Å². The summed E-state index contributed by atoms with van der Waals surface area (Å²) in [6, 6.07) is 3.61. The molecule has 1 aromatic heterocycles. The van der Waals surface area contributed by atoms with Gasteiger partial charge in [-0.15, -0.1) is 0 Å². The molecule has 1 aromatic carbocycles. The molecule has 4 heteroatoms. The maximum atomic E-state index is 11.3. The summed E-state index contributed by atoms with van der Waals surface area (Å²) in [4.78, 5) is 27.6. The molecule has 0 saturated carbocycles. The summed E-state index contributed by atoms with van der Waals surface area (Å²) in [5, 5.41) is 0. The molecule has 0 spiro atoms. The molecule has 0 aliphatic carbocycles. The number of hydrogen-bond acceptors (Lipinski definition) is 2. The van der Waals surface area contributed by atoms with Crippen LogP contribution in [0.15, 0.2) is 16.9 Å². The van der Waals surface area contributed by atoms with Crippen LogP contribution in [0.5, 0.6) is 0 Å². The number of nitrogens with one attached hydrogen (secondary N) is 2. The molecule has 0 atom stereocenters. The zero-order chi connectivity index (χ0) is 10.3. The van der Waals surface area contributed by atoms with Crippen LogP contribution < -0.4 is 5.69 Å². The fourth-order valence-electron chi connectivity index (χ4n) is 1.56. The number of carbonyl (C=O) groups excluding carboxylic acids is 1. The third-order valence-electron chi connectivity index (χ3n) is 2.15. The molecule has 2 rings (SSSR count). The number of ketones is 1. The van der Waals surface area contributed by atoms with Crippen molar-refractivity contribution < 1.29 is 4.79 Å². The van der Waals surface area contributed by atoms with Gasteiger partial charge in [0.2, 0.25) is 0 Å². The van der Waals surface area contributed by atoms with E-state index in [0.29, 0.717) is 16.6 Å². The van der Waals surface area contributed by atoms with Crippen LogP contribution in [0.1, 0.15) is 22.8 Å². The Morgan fingerprint density at radius 1 is 1.29 bits per heavy atom. The number of aromatic amines is 2. The van der Waals surface area contributed by atoms with Crippen molar-refractivity contribution in [3.8, 4) is 0 Å². The second-order valence-electron chi connectivity index (χ2n) is 3.37. The molecule has 0 fully saturated rings. The molecule has 0 amide bonds. The Labute approximate surface area is 80.0 Å². The minimum absolute atomic E-state index is 0.0473. The number of carbonyl (C=O) groups is 1. The normalized spacial score (nSPS) is 10.7. The zero-order valence-electron chi connectivity index (χ0n) is 7.97. The van der Waals surface area contributed by atoms with E-state index in [1.165, 1.54) is 6.92 Å². The van der Waals surface area contributed by atoms with E-state index in [-0.39, 0.29) is 11.5 Å². The van der Waals surface area contributed by atoms with Gasteiger partial charge in [0.25, 0.3) is 0 Å². The smallest absolute Gasteiger partial charge is 0.306 e. The minimum atomic E-state index is -0.284. The number of fused-ring (bicyclic) bond motifs is 1. The average molecular weight is 190 g/mol. The van der Waals surface area contributed by atoms with E-state index in [2.05, 4.69) is 9.97 Å². The van der Waals surface area contributed by atoms with Gasteiger partial charge >= 0.3 is 5.69 Å². The molecule has 0 aliphatic rings. The molecule has 1 heterocycles. The fourth-order valence-corrected chi connectivity index (χ4v) is 1.56. The van der Waals surface area contributed by atoms with Crippen molar-refractivity contribution in [2.75, 3.05) is 0 Å². The minimum Gasteiger partial charge on any atom is -0.306 e. The van der Waals surface area contributed by atoms with Crippen LogP contribution >= 0.6 is 0 Å². The second-order valence-corrected chi connectivity index (χ2v) is 3.37. The molecule has 0 radical (unpaired) electrons. The maximum absolute atomic E-state index is 11.3. The average Bonchev–Trinajstić information content (AvgIpc) is 2.42. The quantitative estimate of drug-likeness (QED) is 0.667. The number of imidazole rings is 1. The fraction of sp³-hybridized carbons (Fsp3) is 0.200. The van der Waals surface area contributed by atoms with Gasteiger partial charge < -0.3 is 9.97 Å². The van der Waals surface area contributed by atoms with Crippen molar-refractivity contribution in [3.05, 3.63) is 33.7 Å². The van der Waals surface area contributed by atoms with Crippen LogP contribution in [0.4, 0.5) is 0 Å². The van der Waals surface area contributed by atoms with Gasteiger partial charge in [-0.1, -0.05) is 0 Å². The molecule has 4 nitrogen and oxygen atoms in total. The Bertz CT molecular complexity index is 563. The van der Waals surface area contributed by atoms with E-state index in [1.54, 1.807) is 6.07 Å². The predicted octanol–water partition coefficient (Wildman–Crippen LogP) is 1.37. The highest BCUT2D eigenvalue weighted by Gasteiger charge is 2.08. The van der Waals surface area contributed by atoms with E-state index >= 15 is 0 Å². The number of hydrogen-bond donors (Lipinski definition) is 2. The van der Waals surface area contributed by atoms with E-state index in [4.69, 9.17) is 0 Å². The lowest BCUT2D eigenvalue weighted by atomic mass is 10.1. The van der Waals surface area contributed by atoms with Gasteiger partial charge in [0, 0.05) is 5.56 Å². The highest BCUT2D eigenvalue weighted by Crippen LogP contribution is 2.16. The van der Waals surface area contributed by atoms with Gasteiger partial charge in [-0.2, -0.15) is 0 Å². The largest absolute Gasteiger partial charge is 0.323 e. The third-order valence-corrected chi connectivity index (χ3v) is 2.15. The van der Waals surface area contributed by atoms with Crippen molar-refractivity contribution in [2.45, 2.75) is 13.8 Å². The maximum Gasteiger partial charge on any atom is 0.323 e. The van der Waals surface area contributed by atoms with Gasteiger partial charge in [0.1, 0.15) is 0 Å². The summed E-state index contributed by atoms with van der Waals surface area (Å²) in [6.45, 7) is 3.37. The van der Waals surface area contributed by atoms with E-state index in [1.807, 2.05) is 13.0 Å². The predicted molar refractivity (Wildman–Crippen MR) is 53.7 cm³/mol. The summed E-state index contributed by atoms with van der Waals surface area (Å²) in [5.41, 5.74) is 2.50. The molecule has 0 aliphatic heterocycles. The van der Waals surface area contributed by atoms with Crippen LogP contribution in [-0.4, -0.2) is 15.8 Å². The van der Waals surface area contributed by atoms with Crippen molar-refractivity contribution in [1.29, 1.82) is 0 Å². The molecule has 72 valence electrons. The lowest BCUT2D eigenvalue weighted by Gasteiger charge is -1.99. The number of rotatable bonds is 1. The molecule has 0 saturated heterocycles. The summed E-state index contributed by atoms with van der Waals surface area (Å²) in [7, 11) is 0. The van der Waals surface area contributed by atoms with Crippen LogP contribution in [0.25, 0.3) is 11.0 Å². The third kappa shape index (κ3) is 1.25. The molecule has 2 N–H and O–H groups in total. The van der Waals surface area contributed by atoms with Crippen molar-refractivity contribution in [3.63, 3.8) is 0 Å². The van der Waals surface area contributed by atoms with E-state index in [0.717, 1.165) is 5.56 Å². The molecule has 0 bridgehead atoms. The van der Waals surface area contributed by atoms with Crippen LogP contribution in [0.3, 0.4) is 0 Å². The Hall–Kier alpha value is -1.84. The first-order chi connectivity index (χ1) is 6.58. The summed E-state index contributed by atoms with van der Waals surface area (Å²) < 4.78 is 0. The lowest BCUT2D eigenvalue weighted by Crippen LogP contribution is -2.00. The summed E-state index contributed by atoms with van der Waals surface area (Å²) >= 11 is 0. The van der Waals surface area contributed by atoms with Crippen LogP contribution in [0.2, 0.25) is 0 Å². The van der Waals surface area contributed by atoms with Crippen molar-refractivity contribution in [2.24, 2.45) is 0 Å². The highest BCUT2D eigenvalue weighted by molar-refractivity contribution is 6.05. The Balaban J connectivity index is 2.92. The van der Waals surface area contributed by atoms with Crippen LogP contribution in [0, 0.1) is 6.92 Å². The van der Waals surface area contributed by atoms with E-state index < -0.39 is 0 Å². The molecular weight excluding hydrogens is 180 g/mol. The Morgan fingerprint density at radius 2 is 2.00 bits per heavy atom. The van der Waals surface area contributed by atoms with Gasteiger partial charge in [-0.25, -0.2) is 4.79 Å². The van der Waals surface area contributed by atoms with E-state index in [9.17, 15) is 9.59 Å².